The first-order valence-electron chi connectivity index (χ1n) is 3.38. The SMILES string of the molecule is O=C(O)CCN1COCSC1. The van der Waals surface area contributed by atoms with Crippen LogP contribution >= 0.6 is 11.8 Å². The molecule has 0 saturated carbocycles. The first-order valence-corrected chi connectivity index (χ1v) is 4.54. The van der Waals surface area contributed by atoms with E-state index < -0.39 is 5.97 Å². The Kier molecular flexibility index (Phi) is 3.68. The highest BCUT2D eigenvalue weighted by Gasteiger charge is 2.10. The predicted molar refractivity (Wildman–Crippen MR) is 42.2 cm³/mol. The molecule has 0 unspecified atom stereocenters. The van der Waals surface area contributed by atoms with Crippen LogP contribution < -0.4 is 0 Å². The first kappa shape index (κ1) is 8.83. The summed E-state index contributed by atoms with van der Waals surface area (Å²) in [6, 6.07) is 0. The number of ether oxygens (including phenoxy) is 1. The number of carboxylic acid groups (broad SMARTS) is 1. The number of carbonyl (C=O) groups is 1. The van der Waals surface area contributed by atoms with Gasteiger partial charge < -0.3 is 9.84 Å². The average Bonchev–Trinajstić information content (AvgIpc) is 2.03. The maximum atomic E-state index is 10.2. The molecule has 1 rings (SSSR count). The third kappa shape index (κ3) is 3.60. The van der Waals surface area contributed by atoms with E-state index in [1.165, 1.54) is 0 Å². The highest BCUT2D eigenvalue weighted by molar-refractivity contribution is 7.99. The zero-order valence-corrected chi connectivity index (χ0v) is 6.97. The van der Waals surface area contributed by atoms with Crippen LogP contribution in [0.1, 0.15) is 6.42 Å². The molecule has 1 saturated heterocycles. The quantitative estimate of drug-likeness (QED) is 0.676. The summed E-state index contributed by atoms with van der Waals surface area (Å²) in [6.07, 6.45) is 0.198. The van der Waals surface area contributed by atoms with Crippen molar-refractivity contribution >= 4 is 17.7 Å². The van der Waals surface area contributed by atoms with Crippen molar-refractivity contribution in [3.8, 4) is 0 Å². The molecule has 1 aliphatic rings. The Morgan fingerprint density at radius 1 is 1.73 bits per heavy atom. The Morgan fingerprint density at radius 3 is 3.09 bits per heavy atom. The molecular weight excluding hydrogens is 166 g/mol. The van der Waals surface area contributed by atoms with E-state index in [-0.39, 0.29) is 6.42 Å². The highest BCUT2D eigenvalue weighted by atomic mass is 32.2. The summed E-state index contributed by atoms with van der Waals surface area (Å²) in [6.45, 7) is 1.16. The molecule has 0 radical (unpaired) electrons. The van der Waals surface area contributed by atoms with E-state index in [0.29, 0.717) is 13.3 Å². The van der Waals surface area contributed by atoms with Crippen molar-refractivity contribution in [1.29, 1.82) is 0 Å². The number of nitrogens with zero attached hydrogens (tertiary/aromatic N) is 1. The van der Waals surface area contributed by atoms with Crippen LogP contribution in [0.4, 0.5) is 0 Å². The van der Waals surface area contributed by atoms with Crippen molar-refractivity contribution in [2.75, 3.05) is 25.1 Å². The minimum atomic E-state index is -0.749. The topological polar surface area (TPSA) is 49.8 Å². The summed E-state index contributed by atoms with van der Waals surface area (Å²) in [5.41, 5.74) is 0. The predicted octanol–water partition coefficient (Wildman–Crippen LogP) is 0.399. The van der Waals surface area contributed by atoms with Gasteiger partial charge in [-0.05, 0) is 0 Å². The lowest BCUT2D eigenvalue weighted by Gasteiger charge is -2.24. The Hall–Kier alpha value is -0.260. The van der Waals surface area contributed by atoms with E-state index >= 15 is 0 Å². The molecule has 0 atom stereocenters. The zero-order valence-electron chi connectivity index (χ0n) is 6.15. The van der Waals surface area contributed by atoms with Crippen LogP contribution in [-0.4, -0.2) is 41.1 Å². The van der Waals surface area contributed by atoms with E-state index in [4.69, 9.17) is 9.84 Å². The van der Waals surface area contributed by atoms with E-state index in [1.54, 1.807) is 11.8 Å². The molecule has 5 heteroatoms. The van der Waals surface area contributed by atoms with Crippen LogP contribution in [0.25, 0.3) is 0 Å². The third-order valence-corrected chi connectivity index (χ3v) is 2.24. The standard InChI is InChI=1S/C6H11NO3S/c8-6(9)1-2-7-3-10-5-11-4-7/h1-5H2,(H,8,9). The van der Waals surface area contributed by atoms with Crippen molar-refractivity contribution in [3.05, 3.63) is 0 Å². The van der Waals surface area contributed by atoms with E-state index in [1.807, 2.05) is 4.90 Å². The van der Waals surface area contributed by atoms with E-state index in [0.717, 1.165) is 11.8 Å². The molecule has 0 aromatic rings. The van der Waals surface area contributed by atoms with E-state index in [2.05, 4.69) is 0 Å². The fourth-order valence-electron chi connectivity index (χ4n) is 0.812. The van der Waals surface area contributed by atoms with Gasteiger partial charge in [-0.2, -0.15) is 0 Å². The number of hydrogen-bond acceptors (Lipinski definition) is 4. The largest absolute Gasteiger partial charge is 0.481 e. The molecule has 11 heavy (non-hydrogen) atoms. The van der Waals surface area contributed by atoms with Gasteiger partial charge in [-0.15, -0.1) is 11.8 Å². The number of hydrogen-bond donors (Lipinski definition) is 1. The second kappa shape index (κ2) is 4.58. The van der Waals surface area contributed by atoms with Gasteiger partial charge in [0.05, 0.1) is 12.4 Å². The molecule has 0 spiro atoms. The summed E-state index contributed by atoms with van der Waals surface area (Å²) in [7, 11) is 0. The van der Waals surface area contributed by atoms with Gasteiger partial charge in [0.15, 0.2) is 0 Å². The molecule has 4 nitrogen and oxygen atoms in total. The summed E-state index contributed by atoms with van der Waals surface area (Å²) in [4.78, 5) is 12.1. The lowest BCUT2D eigenvalue weighted by Crippen LogP contribution is -2.32. The molecular formula is C6H11NO3S. The number of carboxylic acids is 1. The fourth-order valence-corrected chi connectivity index (χ4v) is 1.54. The van der Waals surface area contributed by atoms with Crippen molar-refractivity contribution in [2.45, 2.75) is 6.42 Å². The Balaban J connectivity index is 2.09. The lowest BCUT2D eigenvalue weighted by atomic mass is 10.4. The maximum Gasteiger partial charge on any atom is 0.304 e. The Labute approximate surface area is 69.5 Å². The van der Waals surface area contributed by atoms with Gasteiger partial charge >= 0.3 is 5.97 Å². The molecule has 0 aromatic heterocycles. The van der Waals surface area contributed by atoms with Crippen molar-refractivity contribution < 1.29 is 14.6 Å². The van der Waals surface area contributed by atoms with Crippen LogP contribution in [0.3, 0.4) is 0 Å². The van der Waals surface area contributed by atoms with Gasteiger partial charge in [-0.1, -0.05) is 0 Å². The van der Waals surface area contributed by atoms with Gasteiger partial charge in [-0.3, -0.25) is 9.69 Å². The van der Waals surface area contributed by atoms with Crippen LogP contribution in [-0.2, 0) is 9.53 Å². The summed E-state index contributed by atoms with van der Waals surface area (Å²) < 4.78 is 5.11. The highest BCUT2D eigenvalue weighted by Crippen LogP contribution is 2.10. The first-order chi connectivity index (χ1) is 5.29. The molecule has 0 amide bonds. The third-order valence-electron chi connectivity index (χ3n) is 1.36. The lowest BCUT2D eigenvalue weighted by molar-refractivity contribution is -0.137. The van der Waals surface area contributed by atoms with Crippen molar-refractivity contribution in [2.24, 2.45) is 0 Å². The van der Waals surface area contributed by atoms with Crippen LogP contribution in [0.15, 0.2) is 0 Å². The fraction of sp³-hybridized carbons (Fsp3) is 0.833. The average molecular weight is 177 g/mol. The smallest absolute Gasteiger partial charge is 0.304 e. The normalized spacial score (nSPS) is 20.0. The van der Waals surface area contributed by atoms with E-state index in [9.17, 15) is 4.79 Å². The summed E-state index contributed by atoms with van der Waals surface area (Å²) in [5.74, 6) is 0.859. The maximum absolute atomic E-state index is 10.2. The summed E-state index contributed by atoms with van der Waals surface area (Å²) in [5, 5.41) is 8.37. The molecule has 0 bridgehead atoms. The van der Waals surface area contributed by atoms with Gasteiger partial charge in [0, 0.05) is 12.4 Å². The molecule has 64 valence electrons. The molecule has 1 aliphatic heterocycles. The van der Waals surface area contributed by atoms with Gasteiger partial charge in [0.2, 0.25) is 0 Å². The number of rotatable bonds is 3. The summed E-state index contributed by atoms with van der Waals surface area (Å²) >= 11 is 1.67. The second-order valence-electron chi connectivity index (χ2n) is 2.32. The Morgan fingerprint density at radius 2 is 2.55 bits per heavy atom. The zero-order chi connectivity index (χ0) is 8.10. The monoisotopic (exact) mass is 177 g/mol. The molecule has 1 heterocycles. The molecule has 1 N–H and O–H groups in total. The van der Waals surface area contributed by atoms with Crippen LogP contribution in [0.5, 0.6) is 0 Å². The van der Waals surface area contributed by atoms with Crippen LogP contribution in [0, 0.1) is 0 Å². The second-order valence-corrected chi connectivity index (χ2v) is 3.22. The van der Waals surface area contributed by atoms with Crippen molar-refractivity contribution in [1.82, 2.24) is 4.90 Å². The molecule has 0 aromatic carbocycles. The van der Waals surface area contributed by atoms with Crippen LogP contribution in [0.2, 0.25) is 0 Å². The minimum Gasteiger partial charge on any atom is -0.481 e. The minimum absolute atomic E-state index is 0.198. The number of aliphatic carboxylic acids is 1. The van der Waals surface area contributed by atoms with Gasteiger partial charge in [0.25, 0.3) is 0 Å². The van der Waals surface area contributed by atoms with Gasteiger partial charge in [0.1, 0.15) is 6.73 Å². The number of thioether (sulfide) groups is 1. The molecule has 0 aliphatic carbocycles. The van der Waals surface area contributed by atoms with Gasteiger partial charge in [-0.25, -0.2) is 0 Å². The van der Waals surface area contributed by atoms with Crippen molar-refractivity contribution in [3.63, 3.8) is 0 Å². The Bertz CT molecular complexity index is 136. The molecule has 1 fully saturated rings.